The quantitative estimate of drug-likeness (QED) is 0.833. The lowest BCUT2D eigenvalue weighted by molar-refractivity contribution is -0.133. The Balaban J connectivity index is 1.62. The number of benzene rings is 1. The maximum Gasteiger partial charge on any atom is 0.331 e. The van der Waals surface area contributed by atoms with Crippen LogP contribution in [0.1, 0.15) is 44.1 Å². The molecule has 0 heterocycles. The molecule has 2 nitrogen and oxygen atoms in total. The van der Waals surface area contributed by atoms with Crippen molar-refractivity contribution in [1.29, 1.82) is 0 Å². The van der Waals surface area contributed by atoms with E-state index < -0.39 is 5.97 Å². The van der Waals surface area contributed by atoms with E-state index in [1.165, 1.54) is 38.5 Å². The fraction of sp³-hybridized carbons (Fsp3) is 0.550. The Morgan fingerprint density at radius 2 is 1.59 bits per heavy atom. The number of carboxylic acids is 1. The van der Waals surface area contributed by atoms with Gasteiger partial charge in [0.15, 0.2) is 0 Å². The molecule has 4 aliphatic rings. The number of aliphatic carboxylic acids is 1. The zero-order valence-electron chi connectivity index (χ0n) is 13.0. The van der Waals surface area contributed by atoms with Gasteiger partial charge < -0.3 is 5.11 Å². The van der Waals surface area contributed by atoms with Crippen LogP contribution in [0.2, 0.25) is 0 Å². The van der Waals surface area contributed by atoms with E-state index in [1.807, 2.05) is 30.3 Å². The Kier molecular flexibility index (Phi) is 3.36. The van der Waals surface area contributed by atoms with Gasteiger partial charge in [-0.1, -0.05) is 36.4 Å². The normalized spacial score (nSPS) is 36.5. The molecule has 4 saturated carbocycles. The molecule has 1 aromatic rings. The smallest absolute Gasteiger partial charge is 0.331 e. The first-order valence-electron chi connectivity index (χ1n) is 8.61. The SMILES string of the molecule is O=C(O)C(=CC12CC3CC(CC(C3)C1)C2)Cc1ccccc1. The minimum absolute atomic E-state index is 0.192. The first-order valence-corrected chi connectivity index (χ1v) is 8.61. The summed E-state index contributed by atoms with van der Waals surface area (Å²) in [6, 6.07) is 10.00. The summed E-state index contributed by atoms with van der Waals surface area (Å²) in [4.78, 5) is 11.8. The summed E-state index contributed by atoms with van der Waals surface area (Å²) in [5.41, 5.74) is 1.89. The van der Waals surface area contributed by atoms with Gasteiger partial charge in [0.05, 0.1) is 0 Å². The molecule has 4 aliphatic carbocycles. The minimum Gasteiger partial charge on any atom is -0.478 e. The second kappa shape index (κ2) is 5.26. The first kappa shape index (κ1) is 14.0. The first-order chi connectivity index (χ1) is 10.6. The molecule has 0 atom stereocenters. The van der Waals surface area contributed by atoms with Crippen LogP contribution < -0.4 is 0 Å². The average Bonchev–Trinajstić information content (AvgIpc) is 2.46. The number of allylic oxidation sites excluding steroid dienone is 1. The van der Waals surface area contributed by atoms with E-state index >= 15 is 0 Å². The van der Waals surface area contributed by atoms with E-state index in [1.54, 1.807) is 0 Å². The van der Waals surface area contributed by atoms with Gasteiger partial charge in [0.2, 0.25) is 0 Å². The van der Waals surface area contributed by atoms with Crippen LogP contribution in [0.3, 0.4) is 0 Å². The second-order valence-electron chi connectivity index (χ2n) is 7.92. The third-order valence-electron chi connectivity index (χ3n) is 6.08. The Bertz CT molecular complexity index is 564. The van der Waals surface area contributed by atoms with Crippen LogP contribution in [0.15, 0.2) is 42.0 Å². The number of rotatable bonds is 4. The van der Waals surface area contributed by atoms with Gasteiger partial charge >= 0.3 is 5.97 Å². The molecule has 0 saturated heterocycles. The van der Waals surface area contributed by atoms with Crippen molar-refractivity contribution in [2.24, 2.45) is 23.2 Å². The summed E-state index contributed by atoms with van der Waals surface area (Å²) in [7, 11) is 0. The highest BCUT2D eigenvalue weighted by atomic mass is 16.4. The van der Waals surface area contributed by atoms with E-state index in [0.29, 0.717) is 12.0 Å². The number of hydrogen-bond donors (Lipinski definition) is 1. The van der Waals surface area contributed by atoms with Gasteiger partial charge in [-0.25, -0.2) is 4.79 Å². The largest absolute Gasteiger partial charge is 0.478 e. The molecular weight excluding hydrogens is 272 g/mol. The number of carbonyl (C=O) groups is 1. The summed E-state index contributed by atoms with van der Waals surface area (Å²) in [6.45, 7) is 0. The van der Waals surface area contributed by atoms with Crippen LogP contribution >= 0.6 is 0 Å². The minimum atomic E-state index is -0.736. The number of hydrogen-bond acceptors (Lipinski definition) is 1. The monoisotopic (exact) mass is 296 g/mol. The third kappa shape index (κ3) is 2.60. The van der Waals surface area contributed by atoms with Crippen LogP contribution in [-0.2, 0) is 11.2 Å². The van der Waals surface area contributed by atoms with Crippen molar-refractivity contribution in [2.45, 2.75) is 44.9 Å². The van der Waals surface area contributed by atoms with Gasteiger partial charge in [-0.15, -0.1) is 0 Å². The van der Waals surface area contributed by atoms with Gasteiger partial charge in [0.25, 0.3) is 0 Å². The molecule has 0 amide bonds. The maximum absolute atomic E-state index is 11.8. The predicted octanol–water partition coefficient (Wildman–Crippen LogP) is 4.46. The van der Waals surface area contributed by atoms with Crippen LogP contribution in [0, 0.1) is 23.2 Å². The average molecular weight is 296 g/mol. The molecule has 4 fully saturated rings. The van der Waals surface area contributed by atoms with Crippen molar-refractivity contribution < 1.29 is 9.90 Å². The molecule has 1 N–H and O–H groups in total. The summed E-state index contributed by atoms with van der Waals surface area (Å²) in [5, 5.41) is 9.67. The fourth-order valence-corrected chi connectivity index (χ4v) is 5.73. The van der Waals surface area contributed by atoms with Crippen LogP contribution in [0.5, 0.6) is 0 Å². The molecule has 0 unspecified atom stereocenters. The summed E-state index contributed by atoms with van der Waals surface area (Å²) >= 11 is 0. The van der Waals surface area contributed by atoms with Gasteiger partial charge in [-0.2, -0.15) is 0 Å². The molecule has 22 heavy (non-hydrogen) atoms. The van der Waals surface area contributed by atoms with Crippen LogP contribution in [0.4, 0.5) is 0 Å². The van der Waals surface area contributed by atoms with E-state index in [4.69, 9.17) is 0 Å². The molecule has 116 valence electrons. The van der Waals surface area contributed by atoms with Crippen LogP contribution in [0.25, 0.3) is 0 Å². The van der Waals surface area contributed by atoms with E-state index in [-0.39, 0.29) is 5.41 Å². The predicted molar refractivity (Wildman–Crippen MR) is 86.5 cm³/mol. The van der Waals surface area contributed by atoms with Gasteiger partial charge in [-0.3, -0.25) is 0 Å². The Labute approximate surface area is 132 Å². The molecule has 0 radical (unpaired) electrons. The van der Waals surface area contributed by atoms with Gasteiger partial charge in [0.1, 0.15) is 0 Å². The summed E-state index contributed by atoms with van der Waals surface area (Å²) in [5.74, 6) is 1.83. The summed E-state index contributed by atoms with van der Waals surface area (Å²) < 4.78 is 0. The molecule has 0 aliphatic heterocycles. The molecule has 2 heteroatoms. The second-order valence-corrected chi connectivity index (χ2v) is 7.92. The van der Waals surface area contributed by atoms with E-state index in [2.05, 4.69) is 6.08 Å². The molecule has 0 aromatic heterocycles. The lowest BCUT2D eigenvalue weighted by Gasteiger charge is -2.56. The lowest BCUT2D eigenvalue weighted by atomic mass is 9.49. The highest BCUT2D eigenvalue weighted by Gasteiger charge is 2.50. The van der Waals surface area contributed by atoms with Crippen molar-refractivity contribution in [3.05, 3.63) is 47.5 Å². The van der Waals surface area contributed by atoms with Crippen LogP contribution in [-0.4, -0.2) is 11.1 Å². The molecular formula is C20H24O2. The van der Waals surface area contributed by atoms with Crippen molar-refractivity contribution in [1.82, 2.24) is 0 Å². The molecule has 4 bridgehead atoms. The topological polar surface area (TPSA) is 37.3 Å². The lowest BCUT2D eigenvalue weighted by Crippen LogP contribution is -2.45. The standard InChI is InChI=1S/C20H24O2/c21-19(22)18(9-14-4-2-1-3-5-14)13-20-10-15-6-16(11-20)8-17(7-15)12-20/h1-5,13,15-17H,6-12H2,(H,21,22). The zero-order chi connectivity index (χ0) is 15.2. The van der Waals surface area contributed by atoms with E-state index in [0.717, 1.165) is 23.3 Å². The zero-order valence-corrected chi connectivity index (χ0v) is 13.0. The Morgan fingerprint density at radius 1 is 1.05 bits per heavy atom. The van der Waals surface area contributed by atoms with E-state index in [9.17, 15) is 9.90 Å². The van der Waals surface area contributed by atoms with Crippen molar-refractivity contribution in [3.8, 4) is 0 Å². The Hall–Kier alpha value is -1.57. The number of carboxylic acid groups (broad SMARTS) is 1. The molecule has 0 spiro atoms. The fourth-order valence-electron chi connectivity index (χ4n) is 5.73. The van der Waals surface area contributed by atoms with Crippen molar-refractivity contribution in [3.63, 3.8) is 0 Å². The molecule has 5 rings (SSSR count). The third-order valence-corrected chi connectivity index (χ3v) is 6.08. The van der Waals surface area contributed by atoms with Crippen molar-refractivity contribution in [2.75, 3.05) is 0 Å². The van der Waals surface area contributed by atoms with Gasteiger partial charge in [0, 0.05) is 12.0 Å². The Morgan fingerprint density at radius 3 is 2.09 bits per heavy atom. The highest BCUT2D eigenvalue weighted by Crippen LogP contribution is 2.60. The molecule has 1 aromatic carbocycles. The van der Waals surface area contributed by atoms with Crippen molar-refractivity contribution >= 4 is 5.97 Å². The maximum atomic E-state index is 11.8. The highest BCUT2D eigenvalue weighted by molar-refractivity contribution is 5.87. The van der Waals surface area contributed by atoms with Gasteiger partial charge in [-0.05, 0) is 67.3 Å². The summed E-state index contributed by atoms with van der Waals surface area (Å²) in [6.07, 6.45) is 10.6.